The van der Waals surface area contributed by atoms with Gasteiger partial charge in [0, 0.05) is 25.4 Å². The van der Waals surface area contributed by atoms with Gasteiger partial charge in [-0.1, -0.05) is 17.7 Å². The molecule has 4 rings (SSSR count). The zero-order valence-electron chi connectivity index (χ0n) is 17.6. The third-order valence-electron chi connectivity index (χ3n) is 5.89. The molecule has 0 bridgehead atoms. The first-order valence-electron chi connectivity index (χ1n) is 10.7. The molecule has 0 spiro atoms. The molecule has 0 amide bonds. The van der Waals surface area contributed by atoms with Crippen molar-refractivity contribution in [1.82, 2.24) is 10.3 Å². The lowest BCUT2D eigenvalue weighted by Gasteiger charge is -2.30. The van der Waals surface area contributed by atoms with Crippen molar-refractivity contribution < 1.29 is 22.7 Å². The van der Waals surface area contributed by atoms with Crippen molar-refractivity contribution >= 4 is 27.5 Å². The molecule has 0 aliphatic carbocycles. The summed E-state index contributed by atoms with van der Waals surface area (Å²) in [6, 6.07) is 6.79. The highest BCUT2D eigenvalue weighted by Crippen LogP contribution is 2.26. The summed E-state index contributed by atoms with van der Waals surface area (Å²) < 4.78 is 40.5. The quantitative estimate of drug-likeness (QED) is 0.399. The number of hydrogen-bond donors (Lipinski definition) is 1. The topological polar surface area (TPSA) is 110 Å². The molecule has 0 aromatic heterocycles. The zero-order valence-corrected chi connectivity index (χ0v) is 18.4. The van der Waals surface area contributed by atoms with Crippen LogP contribution in [0, 0.1) is 12.8 Å². The predicted molar refractivity (Wildman–Crippen MR) is 115 cm³/mol. The van der Waals surface area contributed by atoms with Crippen molar-refractivity contribution in [3.05, 3.63) is 29.8 Å². The van der Waals surface area contributed by atoms with Crippen molar-refractivity contribution in [3.8, 4) is 0 Å². The molecular weight excluding hydrogens is 420 g/mol. The second-order valence-corrected chi connectivity index (χ2v) is 9.66. The number of amidine groups is 1. The van der Waals surface area contributed by atoms with Crippen LogP contribution in [0.15, 0.2) is 38.7 Å². The van der Waals surface area contributed by atoms with E-state index < -0.39 is 10.0 Å². The monoisotopic (exact) mass is 448 g/mol. The molecule has 2 saturated heterocycles. The standard InChI is InChI=1S/C21H28N4O5S/c1-15-5-7-16(8-6-15)31(27,28)24-19(25-10-13-29-14-11-25)4-2-3-18-17-9-12-30-21(26)20(17)23-22-18/h5-8,17-18,22H,2-4,9-14H2,1H3/b24-19+/t17-,18-/m1/s1. The van der Waals surface area contributed by atoms with Crippen LogP contribution in [0.25, 0.3) is 0 Å². The molecule has 0 radical (unpaired) electrons. The average Bonchev–Trinajstić information content (AvgIpc) is 3.18. The molecule has 2 atom stereocenters. The number of hydrogen-bond acceptors (Lipinski definition) is 7. The Labute approximate surface area is 182 Å². The summed E-state index contributed by atoms with van der Waals surface area (Å²) in [6.45, 7) is 4.66. The Morgan fingerprint density at radius 2 is 1.97 bits per heavy atom. The number of aryl methyl sites for hydroxylation is 1. The number of nitrogens with zero attached hydrogens (tertiary/aromatic N) is 3. The highest BCUT2D eigenvalue weighted by molar-refractivity contribution is 7.90. The average molecular weight is 449 g/mol. The number of carbonyl (C=O) groups is 1. The fourth-order valence-corrected chi connectivity index (χ4v) is 5.20. The van der Waals surface area contributed by atoms with Crippen molar-refractivity contribution in [2.75, 3.05) is 32.9 Å². The Morgan fingerprint density at radius 3 is 2.71 bits per heavy atom. The Hall–Kier alpha value is -2.46. The van der Waals surface area contributed by atoms with Gasteiger partial charge in [0.15, 0.2) is 5.71 Å². The minimum atomic E-state index is -3.80. The number of carbonyl (C=O) groups excluding carboxylic acids is 1. The van der Waals surface area contributed by atoms with Crippen LogP contribution >= 0.6 is 0 Å². The minimum absolute atomic E-state index is 0.0568. The van der Waals surface area contributed by atoms with Gasteiger partial charge in [-0.25, -0.2) is 4.79 Å². The lowest BCUT2D eigenvalue weighted by atomic mass is 9.88. The van der Waals surface area contributed by atoms with E-state index in [2.05, 4.69) is 14.9 Å². The number of benzene rings is 1. The van der Waals surface area contributed by atoms with Gasteiger partial charge in [0.2, 0.25) is 0 Å². The smallest absolute Gasteiger partial charge is 0.354 e. The second-order valence-electron chi connectivity index (χ2n) is 8.05. The van der Waals surface area contributed by atoms with E-state index >= 15 is 0 Å². The molecule has 9 nitrogen and oxygen atoms in total. The normalized spacial score (nSPS) is 24.3. The first kappa shape index (κ1) is 21.8. The molecule has 3 heterocycles. The van der Waals surface area contributed by atoms with Crippen LogP contribution in [0.5, 0.6) is 0 Å². The number of hydrazone groups is 1. The summed E-state index contributed by atoms with van der Waals surface area (Å²) in [5.74, 6) is 0.276. The maximum Gasteiger partial charge on any atom is 0.354 e. The fraction of sp³-hybridized carbons (Fsp3) is 0.571. The van der Waals surface area contributed by atoms with Gasteiger partial charge < -0.3 is 19.8 Å². The van der Waals surface area contributed by atoms with E-state index in [9.17, 15) is 13.2 Å². The van der Waals surface area contributed by atoms with Crippen molar-refractivity contribution in [2.24, 2.45) is 15.4 Å². The van der Waals surface area contributed by atoms with E-state index in [1.807, 2.05) is 11.8 Å². The van der Waals surface area contributed by atoms with Crippen LogP contribution in [0.2, 0.25) is 0 Å². The number of fused-ring (bicyclic) bond motifs is 1. The maximum absolute atomic E-state index is 12.9. The lowest BCUT2D eigenvalue weighted by Crippen LogP contribution is -2.41. The van der Waals surface area contributed by atoms with Gasteiger partial charge in [-0.15, -0.1) is 4.40 Å². The Balaban J connectivity index is 1.45. The molecule has 1 aromatic carbocycles. The summed E-state index contributed by atoms with van der Waals surface area (Å²) in [4.78, 5) is 14.0. The number of sulfonamides is 1. The number of rotatable bonds is 6. The minimum Gasteiger partial charge on any atom is -0.461 e. The number of nitrogens with one attached hydrogen (secondary N) is 1. The lowest BCUT2D eigenvalue weighted by molar-refractivity contribution is -0.137. The summed E-state index contributed by atoms with van der Waals surface area (Å²) in [7, 11) is -3.80. The fourth-order valence-electron chi connectivity index (χ4n) is 4.13. The third kappa shape index (κ3) is 5.07. The van der Waals surface area contributed by atoms with E-state index in [4.69, 9.17) is 9.47 Å². The Bertz CT molecular complexity index is 968. The molecule has 3 aliphatic heterocycles. The second kappa shape index (κ2) is 9.35. The van der Waals surface area contributed by atoms with Gasteiger partial charge in [-0.3, -0.25) is 0 Å². The van der Waals surface area contributed by atoms with Crippen LogP contribution in [0.1, 0.15) is 31.2 Å². The molecule has 168 valence electrons. The zero-order chi connectivity index (χ0) is 21.8. The van der Waals surface area contributed by atoms with Crippen LogP contribution in [-0.2, 0) is 24.3 Å². The summed E-state index contributed by atoms with van der Waals surface area (Å²) >= 11 is 0. The van der Waals surface area contributed by atoms with E-state index in [1.165, 1.54) is 0 Å². The summed E-state index contributed by atoms with van der Waals surface area (Å²) in [5, 5.41) is 4.15. The van der Waals surface area contributed by atoms with Gasteiger partial charge in [-0.05, 0) is 38.3 Å². The van der Waals surface area contributed by atoms with Gasteiger partial charge >= 0.3 is 5.97 Å². The van der Waals surface area contributed by atoms with E-state index in [1.54, 1.807) is 24.3 Å². The summed E-state index contributed by atoms with van der Waals surface area (Å²) in [6.07, 6.45) is 2.77. The molecule has 31 heavy (non-hydrogen) atoms. The molecule has 3 aliphatic rings. The molecule has 0 unspecified atom stereocenters. The van der Waals surface area contributed by atoms with Crippen molar-refractivity contribution in [3.63, 3.8) is 0 Å². The maximum atomic E-state index is 12.9. The van der Waals surface area contributed by atoms with Gasteiger partial charge in [0.1, 0.15) is 5.84 Å². The first-order valence-corrected chi connectivity index (χ1v) is 12.1. The van der Waals surface area contributed by atoms with E-state index in [0.717, 1.165) is 24.8 Å². The highest BCUT2D eigenvalue weighted by atomic mass is 32.2. The number of ether oxygens (including phenoxy) is 2. The predicted octanol–water partition coefficient (Wildman–Crippen LogP) is 1.48. The molecule has 0 saturated carbocycles. The number of morpholine rings is 1. The molecule has 10 heteroatoms. The van der Waals surface area contributed by atoms with Crippen LogP contribution in [0.4, 0.5) is 0 Å². The van der Waals surface area contributed by atoms with Crippen molar-refractivity contribution in [1.29, 1.82) is 0 Å². The van der Waals surface area contributed by atoms with Gasteiger partial charge in [0.05, 0.1) is 30.8 Å². The molecule has 1 aromatic rings. The Morgan fingerprint density at radius 1 is 1.23 bits per heavy atom. The van der Waals surface area contributed by atoms with Crippen LogP contribution < -0.4 is 5.43 Å². The third-order valence-corrected chi connectivity index (χ3v) is 7.21. The van der Waals surface area contributed by atoms with Gasteiger partial charge in [0.25, 0.3) is 10.0 Å². The molecule has 2 fully saturated rings. The van der Waals surface area contributed by atoms with E-state index in [-0.39, 0.29) is 22.8 Å². The number of cyclic esters (lactones) is 1. The Kier molecular flexibility index (Phi) is 6.57. The van der Waals surface area contributed by atoms with E-state index in [0.29, 0.717) is 50.9 Å². The van der Waals surface area contributed by atoms with Crippen molar-refractivity contribution in [2.45, 2.75) is 43.5 Å². The highest BCUT2D eigenvalue weighted by Gasteiger charge is 2.39. The molecular formula is C21H28N4O5S. The summed E-state index contributed by atoms with van der Waals surface area (Å²) in [5.41, 5.74) is 4.52. The van der Waals surface area contributed by atoms with Gasteiger partial charge in [-0.2, -0.15) is 13.5 Å². The van der Waals surface area contributed by atoms with Crippen LogP contribution in [0.3, 0.4) is 0 Å². The number of esters is 1. The molecule has 1 N–H and O–H groups in total. The SMILES string of the molecule is Cc1ccc(S(=O)(=O)/N=C(\CCC[C@H]2NN=C3C(=O)OCC[C@@H]32)N2CCOCC2)cc1. The largest absolute Gasteiger partial charge is 0.461 e. The van der Waals surface area contributed by atoms with Crippen LogP contribution in [-0.4, -0.2) is 69.8 Å². The first-order chi connectivity index (χ1) is 14.9.